The number of rotatable bonds is 4. The van der Waals surface area contributed by atoms with Crippen molar-refractivity contribution in [2.24, 2.45) is 0 Å². The van der Waals surface area contributed by atoms with Gasteiger partial charge >= 0.3 is 0 Å². The van der Waals surface area contributed by atoms with E-state index in [2.05, 4.69) is 22.0 Å². The molecule has 0 radical (unpaired) electrons. The van der Waals surface area contributed by atoms with E-state index in [1.165, 1.54) is 0 Å². The Kier molecular flexibility index (Phi) is 4.90. The van der Waals surface area contributed by atoms with E-state index in [9.17, 15) is 4.79 Å². The first-order valence-corrected chi connectivity index (χ1v) is 9.56. The highest BCUT2D eigenvalue weighted by molar-refractivity contribution is 6.00. The lowest BCUT2D eigenvalue weighted by atomic mass is 10.0. The highest BCUT2D eigenvalue weighted by atomic mass is 16.2. The lowest BCUT2D eigenvalue weighted by Crippen LogP contribution is -2.46. The molecule has 1 amide bonds. The van der Waals surface area contributed by atoms with E-state index in [1.54, 1.807) is 16.9 Å². The first-order valence-electron chi connectivity index (χ1n) is 9.56. The number of carbonyl (C=O) groups is 1. The third kappa shape index (κ3) is 3.32. The lowest BCUT2D eigenvalue weighted by Gasteiger charge is -2.36. The highest BCUT2D eigenvalue weighted by Gasteiger charge is 2.28. The van der Waals surface area contributed by atoms with E-state index in [-0.39, 0.29) is 11.9 Å². The molecule has 1 fully saturated rings. The predicted molar refractivity (Wildman–Crippen MR) is 106 cm³/mol. The Hall–Kier alpha value is -2.73. The molecule has 0 bridgehead atoms. The molecule has 0 spiro atoms. The maximum Gasteiger partial charge on any atom is 0.259 e. The SMILES string of the molecule is CCN(C(=O)c1cnn2c(-c3ccccc3)ccnc12)C1CCN(C)CC1. The first-order chi connectivity index (χ1) is 13.2. The minimum atomic E-state index is 0.0276. The van der Waals surface area contributed by atoms with Gasteiger partial charge in [0, 0.05) is 24.3 Å². The molecule has 0 aliphatic carbocycles. The fourth-order valence-electron chi connectivity index (χ4n) is 3.90. The van der Waals surface area contributed by atoms with Crippen molar-refractivity contribution < 1.29 is 4.79 Å². The van der Waals surface area contributed by atoms with Gasteiger partial charge in [0.25, 0.3) is 5.91 Å². The van der Waals surface area contributed by atoms with Crippen LogP contribution in [0.4, 0.5) is 0 Å². The second-order valence-electron chi connectivity index (χ2n) is 7.12. The summed E-state index contributed by atoms with van der Waals surface area (Å²) < 4.78 is 1.77. The monoisotopic (exact) mass is 363 g/mol. The Bertz CT molecular complexity index is 928. The van der Waals surface area contributed by atoms with Gasteiger partial charge < -0.3 is 9.80 Å². The minimum Gasteiger partial charge on any atom is -0.336 e. The number of nitrogens with zero attached hydrogens (tertiary/aromatic N) is 5. The topological polar surface area (TPSA) is 53.7 Å². The van der Waals surface area contributed by atoms with Crippen LogP contribution in [-0.4, -0.2) is 63.0 Å². The zero-order chi connectivity index (χ0) is 18.8. The van der Waals surface area contributed by atoms with Crippen molar-refractivity contribution in [3.63, 3.8) is 0 Å². The third-order valence-corrected chi connectivity index (χ3v) is 5.43. The zero-order valence-electron chi connectivity index (χ0n) is 15.9. The van der Waals surface area contributed by atoms with Gasteiger partial charge in [0.2, 0.25) is 0 Å². The van der Waals surface area contributed by atoms with Gasteiger partial charge in [-0.1, -0.05) is 30.3 Å². The Morgan fingerprint density at radius 3 is 2.63 bits per heavy atom. The molecule has 6 nitrogen and oxygen atoms in total. The van der Waals surface area contributed by atoms with Crippen LogP contribution in [0.15, 0.2) is 48.8 Å². The summed E-state index contributed by atoms with van der Waals surface area (Å²) in [6.45, 7) is 4.80. The second-order valence-corrected chi connectivity index (χ2v) is 7.12. The van der Waals surface area contributed by atoms with Crippen molar-refractivity contribution in [1.29, 1.82) is 0 Å². The number of fused-ring (bicyclic) bond motifs is 1. The highest BCUT2D eigenvalue weighted by Crippen LogP contribution is 2.23. The van der Waals surface area contributed by atoms with Crippen LogP contribution in [0.3, 0.4) is 0 Å². The Morgan fingerprint density at radius 1 is 1.19 bits per heavy atom. The molecule has 1 saturated heterocycles. The van der Waals surface area contributed by atoms with Gasteiger partial charge in [-0.15, -0.1) is 0 Å². The van der Waals surface area contributed by atoms with Crippen molar-refractivity contribution in [1.82, 2.24) is 24.4 Å². The summed E-state index contributed by atoms with van der Waals surface area (Å²) in [5.41, 5.74) is 3.18. The molecule has 1 aliphatic rings. The fourth-order valence-corrected chi connectivity index (χ4v) is 3.90. The molecule has 1 aliphatic heterocycles. The molecule has 0 saturated carbocycles. The summed E-state index contributed by atoms with van der Waals surface area (Å²) in [6, 6.07) is 12.3. The summed E-state index contributed by atoms with van der Waals surface area (Å²) in [7, 11) is 2.13. The summed E-state index contributed by atoms with van der Waals surface area (Å²) in [5.74, 6) is 0.0276. The Labute approximate surface area is 159 Å². The maximum absolute atomic E-state index is 13.3. The van der Waals surface area contributed by atoms with Crippen LogP contribution in [0.2, 0.25) is 0 Å². The van der Waals surface area contributed by atoms with Crippen molar-refractivity contribution in [2.75, 3.05) is 26.7 Å². The number of piperidine rings is 1. The molecule has 3 heterocycles. The second kappa shape index (κ2) is 7.48. The molecule has 0 N–H and O–H groups in total. The molecular formula is C21H25N5O. The number of amides is 1. The van der Waals surface area contributed by atoms with Crippen molar-refractivity contribution in [3.05, 3.63) is 54.4 Å². The van der Waals surface area contributed by atoms with E-state index >= 15 is 0 Å². The van der Waals surface area contributed by atoms with E-state index in [0.717, 1.165) is 37.2 Å². The zero-order valence-corrected chi connectivity index (χ0v) is 15.9. The minimum absolute atomic E-state index is 0.0276. The van der Waals surface area contributed by atoms with Gasteiger partial charge in [0.05, 0.1) is 11.9 Å². The Morgan fingerprint density at radius 2 is 1.93 bits per heavy atom. The van der Waals surface area contributed by atoms with Gasteiger partial charge in [-0.3, -0.25) is 4.79 Å². The van der Waals surface area contributed by atoms with Gasteiger partial charge in [-0.25, -0.2) is 9.50 Å². The molecular weight excluding hydrogens is 338 g/mol. The normalized spacial score (nSPS) is 15.9. The molecule has 0 atom stereocenters. The summed E-state index contributed by atoms with van der Waals surface area (Å²) in [5, 5.41) is 4.49. The molecule has 140 valence electrons. The molecule has 3 aromatic rings. The largest absolute Gasteiger partial charge is 0.336 e. The van der Waals surface area contributed by atoms with Crippen LogP contribution in [0.5, 0.6) is 0 Å². The average Bonchev–Trinajstić information content (AvgIpc) is 3.15. The number of hydrogen-bond acceptors (Lipinski definition) is 4. The van der Waals surface area contributed by atoms with E-state index in [4.69, 9.17) is 0 Å². The quantitative estimate of drug-likeness (QED) is 0.715. The maximum atomic E-state index is 13.3. The Balaban J connectivity index is 1.68. The lowest BCUT2D eigenvalue weighted by molar-refractivity contribution is 0.0608. The van der Waals surface area contributed by atoms with E-state index < -0.39 is 0 Å². The molecule has 27 heavy (non-hydrogen) atoms. The van der Waals surface area contributed by atoms with Crippen LogP contribution in [0.1, 0.15) is 30.1 Å². The fraction of sp³-hybridized carbons (Fsp3) is 0.381. The average molecular weight is 363 g/mol. The standard InChI is InChI=1S/C21H25N5O/c1-3-25(17-10-13-24(2)14-11-17)21(27)18-15-23-26-19(9-12-22-20(18)26)16-7-5-4-6-8-16/h4-9,12,15,17H,3,10-11,13-14H2,1-2H3. The molecule has 1 aromatic carbocycles. The number of likely N-dealkylation sites (tertiary alicyclic amines) is 1. The van der Waals surface area contributed by atoms with Gasteiger partial charge in [0.1, 0.15) is 5.56 Å². The first kappa shape index (κ1) is 17.7. The number of hydrogen-bond donors (Lipinski definition) is 0. The number of aromatic nitrogens is 3. The van der Waals surface area contributed by atoms with Crippen LogP contribution >= 0.6 is 0 Å². The summed E-state index contributed by atoms with van der Waals surface area (Å²) in [6.07, 6.45) is 5.44. The van der Waals surface area contributed by atoms with Crippen molar-refractivity contribution in [2.45, 2.75) is 25.8 Å². The van der Waals surface area contributed by atoms with Crippen molar-refractivity contribution in [3.8, 4) is 11.3 Å². The van der Waals surface area contributed by atoms with Crippen LogP contribution in [-0.2, 0) is 0 Å². The summed E-state index contributed by atoms with van der Waals surface area (Å²) in [4.78, 5) is 22.1. The van der Waals surface area contributed by atoms with Crippen LogP contribution in [0, 0.1) is 0 Å². The van der Waals surface area contributed by atoms with E-state index in [1.807, 2.05) is 48.2 Å². The van der Waals surface area contributed by atoms with Crippen LogP contribution < -0.4 is 0 Å². The van der Waals surface area contributed by atoms with Gasteiger partial charge in [-0.05, 0) is 46.0 Å². The third-order valence-electron chi connectivity index (χ3n) is 5.43. The number of carbonyl (C=O) groups excluding carboxylic acids is 1. The summed E-state index contributed by atoms with van der Waals surface area (Å²) >= 11 is 0. The molecule has 2 aromatic heterocycles. The van der Waals surface area contributed by atoms with Crippen molar-refractivity contribution >= 4 is 11.6 Å². The number of benzene rings is 1. The van der Waals surface area contributed by atoms with Gasteiger partial charge in [-0.2, -0.15) is 5.10 Å². The molecule has 4 rings (SSSR count). The molecule has 6 heteroatoms. The van der Waals surface area contributed by atoms with Gasteiger partial charge in [0.15, 0.2) is 5.65 Å². The predicted octanol–water partition coefficient (Wildman–Crippen LogP) is 2.95. The van der Waals surface area contributed by atoms with Crippen LogP contribution in [0.25, 0.3) is 16.9 Å². The smallest absolute Gasteiger partial charge is 0.259 e. The van der Waals surface area contributed by atoms with E-state index in [0.29, 0.717) is 17.8 Å². The molecule has 0 unspecified atom stereocenters.